The number of carbonyl (C=O) groups is 1. The summed E-state index contributed by atoms with van der Waals surface area (Å²) in [6.45, 7) is 0.171. The van der Waals surface area contributed by atoms with E-state index in [1.807, 2.05) is 60.7 Å². The van der Waals surface area contributed by atoms with Crippen molar-refractivity contribution in [3.63, 3.8) is 0 Å². The quantitative estimate of drug-likeness (QED) is 0.790. The molecular formula is C17H20NO3+. The first-order valence-corrected chi connectivity index (χ1v) is 6.93. The van der Waals surface area contributed by atoms with Crippen molar-refractivity contribution in [3.05, 3.63) is 71.8 Å². The Morgan fingerprint density at radius 3 is 2.24 bits per heavy atom. The number of carbonyl (C=O) groups excluding carboxylic acids is 1. The third kappa shape index (κ3) is 4.70. The maximum atomic E-state index is 11.8. The van der Waals surface area contributed by atoms with E-state index < -0.39 is 12.1 Å². The molecule has 0 aliphatic heterocycles. The van der Waals surface area contributed by atoms with Gasteiger partial charge in [0.1, 0.15) is 12.6 Å². The van der Waals surface area contributed by atoms with Gasteiger partial charge in [-0.05, 0) is 5.56 Å². The largest absolute Gasteiger partial charge is 0.459 e. The number of aliphatic hydroxyl groups excluding tert-OH is 1. The van der Waals surface area contributed by atoms with Crippen LogP contribution in [-0.4, -0.2) is 17.2 Å². The SMILES string of the molecule is [NH3+][C@@H](C[C@@H](O)C(=O)OCc1ccccc1)c1ccccc1. The normalized spacial score (nSPS) is 13.4. The van der Waals surface area contributed by atoms with Gasteiger partial charge in [-0.15, -0.1) is 0 Å². The van der Waals surface area contributed by atoms with Crippen LogP contribution in [0.4, 0.5) is 0 Å². The minimum atomic E-state index is -1.16. The minimum absolute atomic E-state index is 0.148. The third-order valence-corrected chi connectivity index (χ3v) is 3.27. The topological polar surface area (TPSA) is 74.2 Å². The summed E-state index contributed by atoms with van der Waals surface area (Å²) in [6.07, 6.45) is -0.908. The monoisotopic (exact) mass is 286 g/mol. The second-order valence-corrected chi connectivity index (χ2v) is 4.95. The molecule has 0 heterocycles. The molecule has 0 unspecified atom stereocenters. The Morgan fingerprint density at radius 2 is 1.62 bits per heavy atom. The van der Waals surface area contributed by atoms with Gasteiger partial charge in [0, 0.05) is 12.0 Å². The van der Waals surface area contributed by atoms with Crippen LogP contribution < -0.4 is 5.73 Å². The molecule has 4 nitrogen and oxygen atoms in total. The lowest BCUT2D eigenvalue weighted by molar-refractivity contribution is -0.430. The zero-order chi connectivity index (χ0) is 15.1. The van der Waals surface area contributed by atoms with E-state index in [1.165, 1.54) is 0 Å². The van der Waals surface area contributed by atoms with E-state index in [4.69, 9.17) is 4.74 Å². The molecule has 0 fully saturated rings. The summed E-state index contributed by atoms with van der Waals surface area (Å²) in [5, 5.41) is 9.91. The first-order valence-electron chi connectivity index (χ1n) is 6.93. The van der Waals surface area contributed by atoms with Gasteiger partial charge in [-0.25, -0.2) is 4.79 Å². The van der Waals surface area contributed by atoms with E-state index in [-0.39, 0.29) is 19.1 Å². The Morgan fingerprint density at radius 1 is 1.05 bits per heavy atom. The molecule has 4 heteroatoms. The fraction of sp³-hybridized carbons (Fsp3) is 0.235. The molecule has 0 aromatic heterocycles. The molecule has 2 aromatic rings. The maximum absolute atomic E-state index is 11.8. The molecule has 0 aliphatic rings. The van der Waals surface area contributed by atoms with Crippen LogP contribution in [0.15, 0.2) is 60.7 Å². The van der Waals surface area contributed by atoms with Crippen LogP contribution in [0, 0.1) is 0 Å². The zero-order valence-corrected chi connectivity index (χ0v) is 11.8. The fourth-order valence-corrected chi connectivity index (χ4v) is 2.05. The molecule has 0 spiro atoms. The number of quaternary nitrogens is 1. The molecule has 4 N–H and O–H groups in total. The number of ether oxygens (including phenoxy) is 1. The van der Waals surface area contributed by atoms with Gasteiger partial charge in [0.05, 0.1) is 0 Å². The van der Waals surface area contributed by atoms with E-state index in [0.29, 0.717) is 0 Å². The number of hydrogen-bond donors (Lipinski definition) is 2. The Hall–Kier alpha value is -2.17. The molecule has 2 atom stereocenters. The van der Waals surface area contributed by atoms with Crippen LogP contribution in [0.1, 0.15) is 23.6 Å². The Bertz CT molecular complexity index is 557. The molecule has 2 rings (SSSR count). The highest BCUT2D eigenvalue weighted by molar-refractivity contribution is 5.74. The summed E-state index contributed by atoms with van der Waals surface area (Å²) in [5.41, 5.74) is 5.87. The van der Waals surface area contributed by atoms with E-state index in [1.54, 1.807) is 0 Å². The van der Waals surface area contributed by atoms with Gasteiger partial charge in [-0.3, -0.25) is 0 Å². The van der Waals surface area contributed by atoms with Crippen LogP contribution in [0.2, 0.25) is 0 Å². The van der Waals surface area contributed by atoms with Crippen molar-refractivity contribution in [2.75, 3.05) is 0 Å². The average molecular weight is 286 g/mol. The summed E-state index contributed by atoms with van der Waals surface area (Å²) >= 11 is 0. The Kier molecular flexibility index (Phi) is 5.49. The van der Waals surface area contributed by atoms with E-state index in [0.717, 1.165) is 11.1 Å². The predicted molar refractivity (Wildman–Crippen MR) is 78.9 cm³/mol. The molecular weight excluding hydrogens is 266 g/mol. The molecule has 0 amide bonds. The van der Waals surface area contributed by atoms with Crippen LogP contribution in [0.25, 0.3) is 0 Å². The highest BCUT2D eigenvalue weighted by Gasteiger charge is 2.22. The van der Waals surface area contributed by atoms with Crippen molar-refractivity contribution in [1.29, 1.82) is 0 Å². The third-order valence-electron chi connectivity index (χ3n) is 3.27. The van der Waals surface area contributed by atoms with Crippen LogP contribution in [-0.2, 0) is 16.1 Å². The first kappa shape index (κ1) is 15.2. The summed E-state index contributed by atoms with van der Waals surface area (Å²) in [7, 11) is 0. The van der Waals surface area contributed by atoms with Gasteiger partial charge >= 0.3 is 5.97 Å². The second kappa shape index (κ2) is 7.57. The molecule has 0 saturated heterocycles. The lowest BCUT2D eigenvalue weighted by atomic mass is 10.0. The van der Waals surface area contributed by atoms with Crippen molar-refractivity contribution < 1.29 is 20.4 Å². The first-order chi connectivity index (χ1) is 10.2. The van der Waals surface area contributed by atoms with Gasteiger partial charge in [-0.1, -0.05) is 60.7 Å². The van der Waals surface area contributed by atoms with Crippen LogP contribution in [0.5, 0.6) is 0 Å². The standard InChI is InChI=1S/C17H19NO3/c18-15(14-9-5-2-6-10-14)11-16(19)17(20)21-12-13-7-3-1-4-8-13/h1-10,15-16,19H,11-12,18H2/p+1/t15-,16+/m0/s1. The maximum Gasteiger partial charge on any atom is 0.335 e. The zero-order valence-electron chi connectivity index (χ0n) is 11.8. The Balaban J connectivity index is 1.82. The molecule has 0 saturated carbocycles. The number of hydrogen-bond acceptors (Lipinski definition) is 3. The van der Waals surface area contributed by atoms with Crippen molar-refractivity contribution in [1.82, 2.24) is 0 Å². The highest BCUT2D eigenvalue weighted by atomic mass is 16.5. The molecule has 0 radical (unpaired) electrons. The highest BCUT2D eigenvalue weighted by Crippen LogP contribution is 2.14. The lowest BCUT2D eigenvalue weighted by Gasteiger charge is -2.14. The summed E-state index contributed by atoms with van der Waals surface area (Å²) in [4.78, 5) is 11.8. The van der Waals surface area contributed by atoms with Gasteiger partial charge < -0.3 is 15.6 Å². The van der Waals surface area contributed by atoms with Crippen molar-refractivity contribution in [2.45, 2.75) is 25.2 Å². The second-order valence-electron chi connectivity index (χ2n) is 4.95. The summed E-state index contributed by atoms with van der Waals surface area (Å²) < 4.78 is 5.11. The van der Waals surface area contributed by atoms with E-state index in [2.05, 4.69) is 5.73 Å². The average Bonchev–Trinajstić information content (AvgIpc) is 2.54. The number of rotatable bonds is 6. The number of benzene rings is 2. The van der Waals surface area contributed by atoms with Crippen LogP contribution in [0.3, 0.4) is 0 Å². The van der Waals surface area contributed by atoms with Gasteiger partial charge in [0.2, 0.25) is 0 Å². The lowest BCUT2D eigenvalue weighted by Crippen LogP contribution is -2.55. The van der Waals surface area contributed by atoms with Crippen LogP contribution >= 0.6 is 0 Å². The van der Waals surface area contributed by atoms with Gasteiger partial charge in [0.25, 0.3) is 0 Å². The summed E-state index contributed by atoms with van der Waals surface area (Å²) in [6, 6.07) is 18.8. The summed E-state index contributed by atoms with van der Waals surface area (Å²) in [5.74, 6) is -0.608. The molecule has 0 aliphatic carbocycles. The smallest absolute Gasteiger partial charge is 0.335 e. The fourth-order valence-electron chi connectivity index (χ4n) is 2.05. The van der Waals surface area contributed by atoms with Gasteiger partial charge in [-0.2, -0.15) is 0 Å². The minimum Gasteiger partial charge on any atom is -0.459 e. The van der Waals surface area contributed by atoms with Crippen molar-refractivity contribution in [3.8, 4) is 0 Å². The molecule has 0 bridgehead atoms. The van der Waals surface area contributed by atoms with E-state index >= 15 is 0 Å². The van der Waals surface area contributed by atoms with E-state index in [9.17, 15) is 9.90 Å². The number of esters is 1. The molecule has 21 heavy (non-hydrogen) atoms. The Labute approximate surface area is 124 Å². The van der Waals surface area contributed by atoms with Crippen molar-refractivity contribution in [2.24, 2.45) is 0 Å². The molecule has 2 aromatic carbocycles. The number of aliphatic hydroxyl groups is 1. The molecule has 110 valence electrons. The van der Waals surface area contributed by atoms with Gasteiger partial charge in [0.15, 0.2) is 6.10 Å². The van der Waals surface area contributed by atoms with Crippen molar-refractivity contribution >= 4 is 5.97 Å². The predicted octanol–water partition coefficient (Wildman–Crippen LogP) is 1.46.